The maximum atomic E-state index is 13.0. The number of para-hydroxylation sites is 2. The molecule has 0 aliphatic carbocycles. The first kappa shape index (κ1) is 19.2. The van der Waals surface area contributed by atoms with Crippen molar-refractivity contribution < 1.29 is 23.4 Å². The number of ether oxygens (including phenoxy) is 3. The van der Waals surface area contributed by atoms with E-state index in [1.54, 1.807) is 43.3 Å². The molecule has 0 bridgehead atoms. The third-order valence-electron chi connectivity index (χ3n) is 4.39. The molecule has 0 N–H and O–H groups in total. The molecule has 0 atom stereocenters. The summed E-state index contributed by atoms with van der Waals surface area (Å²) >= 11 is 0. The first-order valence-electron chi connectivity index (χ1n) is 9.07. The molecule has 7 nitrogen and oxygen atoms in total. The molecule has 0 aliphatic rings. The summed E-state index contributed by atoms with van der Waals surface area (Å²) in [5.74, 6) is 0.967. The minimum Gasteiger partial charge on any atom is -0.493 e. The summed E-state index contributed by atoms with van der Waals surface area (Å²) in [5, 5.41) is 0.300. The van der Waals surface area contributed by atoms with Gasteiger partial charge in [-0.05, 0) is 43.3 Å². The quantitative estimate of drug-likeness (QED) is 0.358. The zero-order valence-electron chi connectivity index (χ0n) is 16.2. The van der Waals surface area contributed by atoms with Gasteiger partial charge in [0.1, 0.15) is 17.1 Å². The van der Waals surface area contributed by atoms with Gasteiger partial charge in [0.2, 0.25) is 11.2 Å². The van der Waals surface area contributed by atoms with Gasteiger partial charge in [0.05, 0.1) is 18.1 Å². The Hall–Kier alpha value is -4.13. The first-order chi connectivity index (χ1) is 14.6. The van der Waals surface area contributed by atoms with Crippen molar-refractivity contribution in [1.29, 1.82) is 0 Å². The van der Waals surface area contributed by atoms with Crippen LogP contribution in [0, 0.1) is 6.92 Å². The number of methoxy groups -OCH3 is 1. The topological polar surface area (TPSA) is 87.9 Å². The van der Waals surface area contributed by atoms with Gasteiger partial charge in [0, 0.05) is 18.5 Å². The molecule has 0 spiro atoms. The largest absolute Gasteiger partial charge is 0.493 e. The number of hydrogen-bond acceptors (Lipinski definition) is 7. The van der Waals surface area contributed by atoms with Gasteiger partial charge in [-0.2, -0.15) is 0 Å². The second-order valence-electron chi connectivity index (χ2n) is 6.35. The number of aryl methyl sites for hydroxylation is 1. The maximum absolute atomic E-state index is 13.0. The molecule has 0 unspecified atom stereocenters. The molecule has 0 radical (unpaired) electrons. The van der Waals surface area contributed by atoms with Gasteiger partial charge < -0.3 is 18.6 Å². The van der Waals surface area contributed by atoms with E-state index in [-0.39, 0.29) is 28.3 Å². The lowest BCUT2D eigenvalue weighted by Gasteiger charge is -2.12. The van der Waals surface area contributed by atoms with Crippen molar-refractivity contribution in [2.45, 2.75) is 6.92 Å². The molecule has 4 aromatic rings. The molecule has 2 aromatic heterocycles. The van der Waals surface area contributed by atoms with Crippen LogP contribution < -0.4 is 19.6 Å². The van der Waals surface area contributed by atoms with Crippen molar-refractivity contribution >= 4 is 16.9 Å². The minimum atomic E-state index is -0.535. The number of nitrogens with zero attached hydrogens (tertiary/aromatic N) is 1. The van der Waals surface area contributed by atoms with Crippen LogP contribution in [0.5, 0.6) is 23.0 Å². The molecule has 2 aromatic carbocycles. The zero-order chi connectivity index (χ0) is 21.1. The highest BCUT2D eigenvalue weighted by Crippen LogP contribution is 2.32. The molecule has 4 rings (SSSR count). The lowest BCUT2D eigenvalue weighted by Crippen LogP contribution is -2.10. The van der Waals surface area contributed by atoms with Crippen molar-refractivity contribution in [2.75, 3.05) is 7.11 Å². The second kappa shape index (κ2) is 8.08. The van der Waals surface area contributed by atoms with Gasteiger partial charge in [-0.15, -0.1) is 0 Å². The normalized spacial score (nSPS) is 10.6. The molecule has 0 amide bonds. The summed E-state index contributed by atoms with van der Waals surface area (Å²) in [6.45, 7) is 1.63. The summed E-state index contributed by atoms with van der Waals surface area (Å²) < 4.78 is 22.2. The van der Waals surface area contributed by atoms with E-state index in [1.807, 2.05) is 0 Å². The average molecular weight is 403 g/mol. The SMILES string of the molecule is COc1ccccc1Oc1c(C)oc2cc(OC(=O)c3ccncc3)ccc2c1=O. The number of carbonyl (C=O) groups is 1. The van der Waals surface area contributed by atoms with E-state index in [4.69, 9.17) is 18.6 Å². The van der Waals surface area contributed by atoms with Gasteiger partial charge in [0.15, 0.2) is 11.5 Å². The Kier molecular flexibility index (Phi) is 5.17. The predicted molar refractivity (Wildman–Crippen MR) is 109 cm³/mol. The maximum Gasteiger partial charge on any atom is 0.343 e. The third kappa shape index (κ3) is 3.73. The van der Waals surface area contributed by atoms with E-state index in [0.29, 0.717) is 22.4 Å². The fourth-order valence-electron chi connectivity index (χ4n) is 2.92. The van der Waals surface area contributed by atoms with Crippen molar-refractivity contribution in [3.8, 4) is 23.0 Å². The Bertz CT molecular complexity index is 1280. The van der Waals surface area contributed by atoms with Crippen molar-refractivity contribution in [3.63, 3.8) is 0 Å². The second-order valence-corrected chi connectivity index (χ2v) is 6.35. The van der Waals surface area contributed by atoms with Crippen molar-refractivity contribution in [2.24, 2.45) is 0 Å². The number of aromatic nitrogens is 1. The van der Waals surface area contributed by atoms with Crippen LogP contribution in [0.4, 0.5) is 0 Å². The smallest absolute Gasteiger partial charge is 0.343 e. The van der Waals surface area contributed by atoms with Crippen LogP contribution in [0.1, 0.15) is 16.1 Å². The molecule has 30 heavy (non-hydrogen) atoms. The van der Waals surface area contributed by atoms with Gasteiger partial charge in [-0.1, -0.05) is 12.1 Å². The summed E-state index contributed by atoms with van der Waals surface area (Å²) in [6.07, 6.45) is 3.01. The van der Waals surface area contributed by atoms with Crippen LogP contribution in [0.25, 0.3) is 11.0 Å². The van der Waals surface area contributed by atoms with E-state index >= 15 is 0 Å². The molecular weight excluding hydrogens is 386 g/mol. The molecule has 2 heterocycles. The van der Waals surface area contributed by atoms with Crippen molar-refractivity contribution in [1.82, 2.24) is 4.98 Å². The van der Waals surface area contributed by atoms with E-state index in [0.717, 1.165) is 0 Å². The standard InChI is InChI=1S/C23H17NO6/c1-14-22(30-19-6-4-3-5-18(19)27-2)21(25)17-8-7-16(13-20(17)28-14)29-23(26)15-9-11-24-12-10-15/h3-13H,1-2H3. The Morgan fingerprint density at radius 2 is 1.73 bits per heavy atom. The van der Waals surface area contributed by atoms with Crippen LogP contribution in [0.2, 0.25) is 0 Å². The van der Waals surface area contributed by atoms with Gasteiger partial charge >= 0.3 is 5.97 Å². The molecule has 7 heteroatoms. The van der Waals surface area contributed by atoms with E-state index in [2.05, 4.69) is 4.98 Å². The highest BCUT2D eigenvalue weighted by molar-refractivity contribution is 5.91. The zero-order valence-corrected chi connectivity index (χ0v) is 16.2. The number of fused-ring (bicyclic) bond motifs is 1. The van der Waals surface area contributed by atoms with Crippen molar-refractivity contribution in [3.05, 3.63) is 88.5 Å². The van der Waals surface area contributed by atoms with E-state index < -0.39 is 5.97 Å². The number of pyridine rings is 1. The van der Waals surface area contributed by atoms with Gasteiger partial charge in [0.25, 0.3) is 0 Å². The Labute approximate surface area is 171 Å². The molecule has 0 saturated heterocycles. The highest BCUT2D eigenvalue weighted by Gasteiger charge is 2.17. The number of rotatable bonds is 5. The number of esters is 1. The van der Waals surface area contributed by atoms with Crippen LogP contribution in [-0.2, 0) is 0 Å². The Morgan fingerprint density at radius 3 is 2.47 bits per heavy atom. The van der Waals surface area contributed by atoms with Gasteiger partial charge in [-0.3, -0.25) is 9.78 Å². The fraction of sp³-hybridized carbons (Fsp3) is 0.0870. The van der Waals surface area contributed by atoms with Crippen LogP contribution in [-0.4, -0.2) is 18.1 Å². The van der Waals surface area contributed by atoms with E-state index in [9.17, 15) is 9.59 Å². The summed E-state index contributed by atoms with van der Waals surface area (Å²) in [4.78, 5) is 29.1. The summed E-state index contributed by atoms with van der Waals surface area (Å²) in [7, 11) is 1.52. The number of carbonyl (C=O) groups excluding carboxylic acids is 1. The molecule has 0 fully saturated rings. The molecule has 150 valence electrons. The van der Waals surface area contributed by atoms with Gasteiger partial charge in [-0.25, -0.2) is 4.79 Å². The lowest BCUT2D eigenvalue weighted by atomic mass is 10.2. The monoisotopic (exact) mass is 403 g/mol. The Morgan fingerprint density at radius 1 is 1.00 bits per heavy atom. The summed E-state index contributed by atoms with van der Waals surface area (Å²) in [5.41, 5.74) is 0.305. The fourth-order valence-corrected chi connectivity index (χ4v) is 2.92. The summed E-state index contributed by atoms with van der Waals surface area (Å²) in [6, 6.07) is 14.7. The van der Waals surface area contributed by atoms with Crippen LogP contribution in [0.3, 0.4) is 0 Å². The number of benzene rings is 2. The lowest BCUT2D eigenvalue weighted by molar-refractivity contribution is 0.0735. The third-order valence-corrected chi connectivity index (χ3v) is 4.39. The average Bonchev–Trinajstić information content (AvgIpc) is 2.77. The van der Waals surface area contributed by atoms with Crippen LogP contribution >= 0.6 is 0 Å². The minimum absolute atomic E-state index is 0.0635. The Balaban J connectivity index is 1.67. The van der Waals surface area contributed by atoms with Crippen LogP contribution in [0.15, 0.2) is 76.2 Å². The molecule has 0 aliphatic heterocycles. The molecular formula is C23H17NO6. The highest BCUT2D eigenvalue weighted by atomic mass is 16.5. The number of hydrogen-bond donors (Lipinski definition) is 0. The predicted octanol–water partition coefficient (Wildman–Crippen LogP) is 4.52. The van der Waals surface area contributed by atoms with E-state index in [1.165, 1.54) is 37.7 Å². The molecule has 0 saturated carbocycles. The first-order valence-corrected chi connectivity index (χ1v) is 9.07.